The number of halogens is 10. The smallest absolute Gasteiger partial charge is 0.461 e. The fraction of sp³-hybridized carbons (Fsp3) is 0.609. The number of carbonyl (C=O) groups excluding carboxylic acids is 5. The fourth-order valence-corrected chi connectivity index (χ4v) is 2.40. The number of amides is 3. The van der Waals surface area contributed by atoms with Crippen molar-refractivity contribution in [3.05, 3.63) is 25.3 Å². The van der Waals surface area contributed by atoms with E-state index in [1.54, 1.807) is 0 Å². The summed E-state index contributed by atoms with van der Waals surface area (Å²) < 4.78 is 162. The van der Waals surface area contributed by atoms with Crippen molar-refractivity contribution in [1.29, 1.82) is 0 Å². The number of nitrogens with zero attached hydrogens (tertiary/aromatic N) is 1. The molecule has 0 aliphatic carbocycles. The van der Waals surface area contributed by atoms with Crippen LogP contribution in [0.5, 0.6) is 0 Å². The third-order valence-corrected chi connectivity index (χ3v) is 4.44. The molecule has 3 amide bonds. The van der Waals surface area contributed by atoms with Gasteiger partial charge in [0.2, 0.25) is 0 Å². The van der Waals surface area contributed by atoms with Crippen LogP contribution in [0, 0.1) is 0 Å². The van der Waals surface area contributed by atoms with E-state index in [0.717, 1.165) is 12.2 Å². The number of hydrogen-bond acceptors (Lipinski definition) is 14. The van der Waals surface area contributed by atoms with Gasteiger partial charge in [-0.1, -0.05) is 13.2 Å². The van der Waals surface area contributed by atoms with E-state index in [1.807, 2.05) is 10.6 Å². The number of alkyl halides is 10. The molecule has 0 saturated carbocycles. The Balaban J connectivity index is 5.07. The molecule has 0 aromatic rings. The lowest BCUT2D eigenvalue weighted by molar-refractivity contribution is -0.563. The van der Waals surface area contributed by atoms with Crippen molar-refractivity contribution in [2.75, 3.05) is 59.3 Å². The molecule has 0 spiro atoms. The first kappa shape index (κ1) is 45.5. The van der Waals surface area contributed by atoms with E-state index in [9.17, 15) is 67.9 Å². The molecule has 0 aromatic heterocycles. The van der Waals surface area contributed by atoms with E-state index in [-0.39, 0.29) is 19.7 Å². The maximum absolute atomic E-state index is 14.1. The Morgan fingerprint density at radius 2 is 1.12 bits per heavy atom. The van der Waals surface area contributed by atoms with Gasteiger partial charge in [-0.15, -0.1) is 8.78 Å². The van der Waals surface area contributed by atoms with E-state index in [1.165, 1.54) is 5.32 Å². The van der Waals surface area contributed by atoms with Crippen molar-refractivity contribution in [2.24, 2.45) is 0 Å². The zero-order chi connectivity index (χ0) is 38.6. The second kappa shape index (κ2) is 21.6. The summed E-state index contributed by atoms with van der Waals surface area (Å²) in [5, 5.41) is 4.54. The van der Waals surface area contributed by atoms with Crippen molar-refractivity contribution < 1.29 is 106 Å². The molecule has 0 rings (SSSR count). The lowest BCUT2D eigenvalue weighted by Crippen LogP contribution is -2.55. The summed E-state index contributed by atoms with van der Waals surface area (Å²) in [6.07, 6.45) is -26.1. The van der Waals surface area contributed by atoms with Crippen LogP contribution in [0.4, 0.5) is 53.5 Å². The topological polar surface area (TPSA) is 199 Å². The largest absolute Gasteiger partial charge is 0.495 e. The van der Waals surface area contributed by atoms with Crippen molar-refractivity contribution >= 4 is 30.0 Å². The minimum absolute atomic E-state index is 0.297. The number of hydroxylamine groups is 2. The van der Waals surface area contributed by atoms with Gasteiger partial charge in [0.25, 0.3) is 0 Å². The molecule has 27 heteroatoms. The monoisotopic (exact) mass is 758 g/mol. The normalized spacial score (nSPS) is 12.2. The average molecular weight is 758 g/mol. The van der Waals surface area contributed by atoms with E-state index in [4.69, 9.17) is 0 Å². The Bertz CT molecular complexity index is 1150. The van der Waals surface area contributed by atoms with Gasteiger partial charge in [-0.05, 0) is 0 Å². The Kier molecular flexibility index (Phi) is 19.7. The summed E-state index contributed by atoms with van der Waals surface area (Å²) >= 11 is 0. The molecular weight excluding hydrogens is 730 g/mol. The first-order chi connectivity index (χ1) is 23.1. The molecule has 288 valence electrons. The molecule has 0 aliphatic heterocycles. The first-order valence-electron chi connectivity index (χ1n) is 13.0. The first-order valence-corrected chi connectivity index (χ1v) is 13.0. The Hall–Kier alpha value is -4.47. The molecule has 0 saturated heterocycles. The molecule has 3 N–H and O–H groups in total. The highest BCUT2D eigenvalue weighted by molar-refractivity contribution is 5.82. The van der Waals surface area contributed by atoms with Gasteiger partial charge in [0, 0.05) is 12.2 Å². The summed E-state index contributed by atoms with van der Waals surface area (Å²) in [5.41, 5.74) is 0. The predicted octanol–water partition coefficient (Wildman–Crippen LogP) is 1.81. The van der Waals surface area contributed by atoms with Gasteiger partial charge in [-0.2, -0.15) is 40.2 Å². The predicted molar refractivity (Wildman–Crippen MR) is 136 cm³/mol. The van der Waals surface area contributed by atoms with Crippen LogP contribution in [0.3, 0.4) is 0 Å². The molecule has 0 aromatic carbocycles. The number of ether oxygens (including phenoxy) is 7. The SMILES string of the molecule is C=CC(=O)OCCNC(=O)OCCNC(=O)C(F)(F)OC(F)(F)OC(F)(F)C(F)(F)ON(CCOC(=O)NCCOC(=O)C=C)COC(F)F. The minimum atomic E-state index is -6.63. The zero-order valence-corrected chi connectivity index (χ0v) is 25.0. The summed E-state index contributed by atoms with van der Waals surface area (Å²) in [7, 11) is 0. The molecule has 0 fully saturated rings. The average Bonchev–Trinajstić information content (AvgIpc) is 3.00. The van der Waals surface area contributed by atoms with Crippen LogP contribution < -0.4 is 16.0 Å². The van der Waals surface area contributed by atoms with Crippen molar-refractivity contribution in [1.82, 2.24) is 21.0 Å². The quantitative estimate of drug-likeness (QED) is 0.0232. The van der Waals surface area contributed by atoms with Crippen LogP contribution in [0.1, 0.15) is 0 Å². The molecule has 0 aliphatic rings. The van der Waals surface area contributed by atoms with Gasteiger partial charge in [-0.25, -0.2) is 33.5 Å². The summed E-state index contributed by atoms with van der Waals surface area (Å²) in [4.78, 5) is 59.4. The fourth-order valence-electron chi connectivity index (χ4n) is 2.40. The van der Waals surface area contributed by atoms with Crippen LogP contribution in [0.15, 0.2) is 25.3 Å². The molecule has 0 heterocycles. The van der Waals surface area contributed by atoms with Gasteiger partial charge < -0.3 is 39.6 Å². The molecule has 0 bridgehead atoms. The summed E-state index contributed by atoms with van der Waals surface area (Å²) in [6.45, 7) is -5.14. The van der Waals surface area contributed by atoms with Crippen molar-refractivity contribution in [3.63, 3.8) is 0 Å². The van der Waals surface area contributed by atoms with Crippen LogP contribution in [-0.2, 0) is 52.4 Å². The van der Waals surface area contributed by atoms with Crippen LogP contribution in [-0.4, -0.2) is 126 Å². The van der Waals surface area contributed by atoms with Crippen molar-refractivity contribution in [2.45, 2.75) is 31.2 Å². The van der Waals surface area contributed by atoms with E-state index in [2.05, 4.69) is 51.2 Å². The van der Waals surface area contributed by atoms with E-state index < -0.39 is 106 Å². The van der Waals surface area contributed by atoms with Gasteiger partial charge in [-0.3, -0.25) is 4.79 Å². The van der Waals surface area contributed by atoms with Crippen LogP contribution in [0.25, 0.3) is 0 Å². The number of rotatable bonds is 25. The van der Waals surface area contributed by atoms with E-state index in [0.29, 0.717) is 0 Å². The standard InChI is InChI=1S/C23H28F10N4O13/c1-3-14(38)43-9-6-35-18(41)45-11-5-34-16(40)20(26,27)48-23(32,33)49-21(28,29)22(30,31)50-37(13-47-17(24)25)8-12-46-19(42)36-7-10-44-15(39)4-2/h3-4,17H,1-2,5-13H2,(H,34,40)(H,35,41)(H,36,42). The second-order valence-corrected chi connectivity index (χ2v) is 8.20. The number of carbonyl (C=O) groups is 5. The number of alkyl carbamates (subject to hydrolysis) is 2. The molecule has 0 atom stereocenters. The number of esters is 2. The third-order valence-electron chi connectivity index (χ3n) is 4.44. The molecular formula is C23H28F10N4O13. The summed E-state index contributed by atoms with van der Waals surface area (Å²) in [5.74, 6) is -4.49. The third kappa shape index (κ3) is 19.5. The van der Waals surface area contributed by atoms with E-state index >= 15 is 0 Å². The highest BCUT2D eigenvalue weighted by atomic mass is 19.3. The number of nitrogens with one attached hydrogen (secondary N) is 3. The maximum atomic E-state index is 14.1. The van der Waals surface area contributed by atoms with Gasteiger partial charge in [0.05, 0.1) is 26.2 Å². The lowest BCUT2D eigenvalue weighted by atomic mass is 10.5. The highest BCUT2D eigenvalue weighted by Gasteiger charge is 2.67. The molecule has 0 unspecified atom stereocenters. The number of hydrogen-bond donors (Lipinski definition) is 3. The Morgan fingerprint density at radius 1 is 0.660 bits per heavy atom. The summed E-state index contributed by atoms with van der Waals surface area (Å²) in [6, 6.07) is 0. The Morgan fingerprint density at radius 3 is 1.60 bits per heavy atom. The Labute approximate surface area is 273 Å². The van der Waals surface area contributed by atoms with Crippen molar-refractivity contribution in [3.8, 4) is 0 Å². The highest BCUT2D eigenvalue weighted by Crippen LogP contribution is 2.42. The molecule has 0 radical (unpaired) electrons. The maximum Gasteiger partial charge on any atom is 0.495 e. The zero-order valence-electron chi connectivity index (χ0n) is 25.0. The molecule has 50 heavy (non-hydrogen) atoms. The minimum Gasteiger partial charge on any atom is -0.461 e. The second-order valence-electron chi connectivity index (χ2n) is 8.20. The lowest BCUT2D eigenvalue weighted by Gasteiger charge is -2.32. The van der Waals surface area contributed by atoms with Gasteiger partial charge in [0.1, 0.15) is 33.2 Å². The van der Waals surface area contributed by atoms with Gasteiger partial charge >= 0.3 is 61.3 Å². The van der Waals surface area contributed by atoms with Gasteiger partial charge in [0.15, 0.2) is 0 Å². The molecule has 17 nitrogen and oxygen atoms in total. The van der Waals surface area contributed by atoms with Crippen LogP contribution >= 0.6 is 0 Å². The van der Waals surface area contributed by atoms with Crippen LogP contribution in [0.2, 0.25) is 0 Å².